The van der Waals surface area contributed by atoms with Gasteiger partial charge in [0.1, 0.15) is 0 Å². The van der Waals surface area contributed by atoms with Gasteiger partial charge in [-0.15, -0.1) is 0 Å². The quantitative estimate of drug-likeness (QED) is 0.756. The minimum Gasteiger partial charge on any atom is -0.321 e. The number of carbonyl (C=O) groups excluding carboxylic acids is 1. The first kappa shape index (κ1) is 20.1. The van der Waals surface area contributed by atoms with Crippen LogP contribution in [0.2, 0.25) is 0 Å². The van der Waals surface area contributed by atoms with E-state index in [9.17, 15) is 13.2 Å². The van der Waals surface area contributed by atoms with E-state index in [1.807, 2.05) is 14.0 Å². The van der Waals surface area contributed by atoms with E-state index in [2.05, 4.69) is 9.80 Å². The first-order valence-electron chi connectivity index (χ1n) is 9.67. The van der Waals surface area contributed by atoms with Gasteiger partial charge in [-0.3, -0.25) is 0 Å². The normalized spacial score (nSPS) is 19.4. The first-order valence-corrected chi connectivity index (χ1v) is 11.1. The zero-order valence-electron chi connectivity index (χ0n) is 16.3. The summed E-state index contributed by atoms with van der Waals surface area (Å²) in [7, 11) is -1.86. The number of nitrogens with zero attached hydrogens (tertiary/aromatic N) is 4. The molecule has 1 aromatic rings. The number of hydrogen-bond donors (Lipinski definition) is 0. The first-order chi connectivity index (χ1) is 12.9. The number of hydrogen-bond acceptors (Lipinski definition) is 5. The summed E-state index contributed by atoms with van der Waals surface area (Å²) in [4.78, 5) is 19.3. The Balaban J connectivity index is 1.81. The summed E-state index contributed by atoms with van der Waals surface area (Å²) < 4.78 is 27.6. The molecule has 0 unspecified atom stereocenters. The monoisotopic (exact) mass is 394 g/mol. The van der Waals surface area contributed by atoms with Gasteiger partial charge < -0.3 is 14.7 Å². The van der Waals surface area contributed by atoms with Gasteiger partial charge >= 0.3 is 6.03 Å². The lowest BCUT2D eigenvalue weighted by Gasteiger charge is -2.36. The maximum Gasteiger partial charge on any atom is 0.334 e. The van der Waals surface area contributed by atoms with Crippen LogP contribution in [0, 0.1) is 6.92 Å². The van der Waals surface area contributed by atoms with E-state index in [-0.39, 0.29) is 11.4 Å². The molecule has 0 spiro atoms. The number of carbonyl (C=O) groups is 1. The molecule has 0 atom stereocenters. The Morgan fingerprint density at radius 3 is 2.19 bits per heavy atom. The number of aryl methyl sites for hydroxylation is 1. The zero-order chi connectivity index (χ0) is 19.4. The molecule has 3 rings (SSSR count). The Kier molecular flexibility index (Phi) is 6.39. The van der Waals surface area contributed by atoms with Crippen LogP contribution in [0.3, 0.4) is 0 Å². The molecule has 8 heteroatoms. The summed E-state index contributed by atoms with van der Waals surface area (Å²) in [6.07, 6.45) is 2.27. The number of likely N-dealkylation sites (tertiary alicyclic amines) is 1. The molecule has 2 fully saturated rings. The number of sulfonamides is 1. The molecule has 7 nitrogen and oxygen atoms in total. The van der Waals surface area contributed by atoms with Crippen molar-refractivity contribution in [2.24, 2.45) is 0 Å². The van der Waals surface area contributed by atoms with Gasteiger partial charge in [0.2, 0.25) is 0 Å². The van der Waals surface area contributed by atoms with Gasteiger partial charge in [-0.25, -0.2) is 17.5 Å². The van der Waals surface area contributed by atoms with Gasteiger partial charge in [-0.2, -0.15) is 0 Å². The third kappa shape index (κ3) is 4.80. The average molecular weight is 395 g/mol. The molecule has 2 heterocycles. The summed E-state index contributed by atoms with van der Waals surface area (Å²) in [5.74, 6) is 0. The highest BCUT2D eigenvalue weighted by molar-refractivity contribution is 7.89. The molecule has 0 aliphatic carbocycles. The second kappa shape index (κ2) is 8.58. The van der Waals surface area contributed by atoms with E-state index in [0.717, 1.165) is 48.9 Å². The summed E-state index contributed by atoms with van der Waals surface area (Å²) in [6, 6.07) is 6.32. The number of benzene rings is 1. The number of piperazine rings is 1. The molecule has 27 heavy (non-hydrogen) atoms. The van der Waals surface area contributed by atoms with Crippen LogP contribution in [0.5, 0.6) is 0 Å². The third-order valence-corrected chi connectivity index (χ3v) is 7.20. The lowest BCUT2D eigenvalue weighted by atomic mass is 10.2. The maximum atomic E-state index is 13.2. The molecule has 0 aromatic heterocycles. The molecule has 150 valence electrons. The Bertz CT molecular complexity index is 737. The molecule has 0 radical (unpaired) electrons. The molecule has 2 aliphatic heterocycles. The van der Waals surface area contributed by atoms with E-state index in [4.69, 9.17) is 0 Å². The Morgan fingerprint density at radius 1 is 1.00 bits per heavy atom. The lowest BCUT2D eigenvalue weighted by Crippen LogP contribution is -2.54. The van der Waals surface area contributed by atoms with E-state index >= 15 is 0 Å². The Hall–Kier alpha value is -1.64. The van der Waals surface area contributed by atoms with Gasteiger partial charge in [0, 0.05) is 32.7 Å². The smallest absolute Gasteiger partial charge is 0.321 e. The van der Waals surface area contributed by atoms with Gasteiger partial charge in [0.25, 0.3) is 10.0 Å². The number of amides is 2. The average Bonchev–Trinajstić information content (AvgIpc) is 3.16. The largest absolute Gasteiger partial charge is 0.334 e. The fourth-order valence-electron chi connectivity index (χ4n) is 3.55. The zero-order valence-corrected chi connectivity index (χ0v) is 17.1. The topological polar surface area (TPSA) is 64.2 Å². The third-order valence-electron chi connectivity index (χ3n) is 5.41. The molecule has 2 amide bonds. The van der Waals surface area contributed by atoms with Crippen molar-refractivity contribution in [1.29, 1.82) is 0 Å². The molecule has 0 bridgehead atoms. The van der Waals surface area contributed by atoms with Gasteiger partial charge in [-0.05, 0) is 52.0 Å². The number of urea groups is 1. The second-order valence-electron chi connectivity index (χ2n) is 7.51. The van der Waals surface area contributed by atoms with Crippen molar-refractivity contribution in [2.45, 2.75) is 24.7 Å². The molecule has 0 N–H and O–H groups in total. The van der Waals surface area contributed by atoms with E-state index < -0.39 is 16.1 Å². The highest BCUT2D eigenvalue weighted by atomic mass is 32.2. The van der Waals surface area contributed by atoms with Crippen molar-refractivity contribution in [3.8, 4) is 0 Å². The molecular weight excluding hydrogens is 364 g/mol. The van der Waals surface area contributed by atoms with Crippen LogP contribution in [0.4, 0.5) is 4.79 Å². The van der Waals surface area contributed by atoms with E-state index in [1.54, 1.807) is 29.2 Å². The van der Waals surface area contributed by atoms with Crippen molar-refractivity contribution in [3.63, 3.8) is 0 Å². The summed E-state index contributed by atoms with van der Waals surface area (Å²) >= 11 is 0. The summed E-state index contributed by atoms with van der Waals surface area (Å²) in [5.41, 5.74) is 0.989. The van der Waals surface area contributed by atoms with Crippen LogP contribution in [0.15, 0.2) is 29.2 Å². The van der Waals surface area contributed by atoms with Crippen molar-refractivity contribution in [3.05, 3.63) is 29.8 Å². The predicted octanol–water partition coefficient (Wildman–Crippen LogP) is 1.45. The number of rotatable bonds is 5. The molecule has 1 aromatic carbocycles. The van der Waals surface area contributed by atoms with Crippen molar-refractivity contribution >= 4 is 16.1 Å². The SMILES string of the molecule is Cc1ccc(S(=O)(=O)N(CCN2CCCC2)C(=O)N2CCN(C)CC2)cc1. The maximum absolute atomic E-state index is 13.2. The van der Waals surface area contributed by atoms with E-state index in [0.29, 0.717) is 19.6 Å². The molecular formula is C19H30N4O3S. The van der Waals surface area contributed by atoms with Crippen molar-refractivity contribution in [2.75, 3.05) is 59.4 Å². The van der Waals surface area contributed by atoms with Crippen molar-refractivity contribution in [1.82, 2.24) is 19.0 Å². The fourth-order valence-corrected chi connectivity index (χ4v) is 4.93. The summed E-state index contributed by atoms with van der Waals surface area (Å²) in [6.45, 7) is 7.27. The van der Waals surface area contributed by atoms with Crippen molar-refractivity contribution < 1.29 is 13.2 Å². The minimum atomic E-state index is -3.87. The highest BCUT2D eigenvalue weighted by Crippen LogP contribution is 2.19. The van der Waals surface area contributed by atoms with Gasteiger partial charge in [0.05, 0.1) is 11.4 Å². The fraction of sp³-hybridized carbons (Fsp3) is 0.632. The van der Waals surface area contributed by atoms with Crippen LogP contribution in [0.1, 0.15) is 18.4 Å². The standard InChI is InChI=1S/C19H30N4O3S/c1-17-5-7-18(8-6-17)27(25,26)23(16-13-21-9-3-4-10-21)19(24)22-14-11-20(2)12-15-22/h5-8H,3-4,9-16H2,1-2H3. The van der Waals surface area contributed by atoms with Crippen LogP contribution in [-0.4, -0.2) is 92.9 Å². The van der Waals surface area contributed by atoms with Crippen LogP contribution in [-0.2, 0) is 10.0 Å². The summed E-state index contributed by atoms with van der Waals surface area (Å²) in [5, 5.41) is 0. The lowest BCUT2D eigenvalue weighted by molar-refractivity contribution is 0.138. The van der Waals surface area contributed by atoms with Gasteiger partial charge in [-0.1, -0.05) is 17.7 Å². The van der Waals surface area contributed by atoms with Crippen LogP contribution in [0.25, 0.3) is 0 Å². The number of likely N-dealkylation sites (N-methyl/N-ethyl adjacent to an activating group) is 1. The minimum absolute atomic E-state index is 0.178. The Labute approximate surface area is 162 Å². The molecule has 2 aliphatic rings. The highest BCUT2D eigenvalue weighted by Gasteiger charge is 2.34. The molecule has 0 saturated carbocycles. The van der Waals surface area contributed by atoms with E-state index in [1.165, 1.54) is 0 Å². The van der Waals surface area contributed by atoms with Crippen LogP contribution < -0.4 is 0 Å². The second-order valence-corrected chi connectivity index (χ2v) is 9.37. The predicted molar refractivity (Wildman–Crippen MR) is 105 cm³/mol. The van der Waals surface area contributed by atoms with Gasteiger partial charge in [0.15, 0.2) is 0 Å². The molecule has 2 saturated heterocycles. The van der Waals surface area contributed by atoms with Crippen LogP contribution >= 0.6 is 0 Å². The Morgan fingerprint density at radius 2 is 1.59 bits per heavy atom.